The molecule has 1 aliphatic heterocycles. The molecule has 2 aromatic rings. The molecule has 1 fully saturated rings. The van der Waals surface area contributed by atoms with E-state index in [1.165, 1.54) is 17.3 Å². The molecule has 2 N–H and O–H groups in total. The second-order valence-corrected chi connectivity index (χ2v) is 7.79. The van der Waals surface area contributed by atoms with Crippen molar-refractivity contribution < 1.29 is 9.90 Å². The zero-order chi connectivity index (χ0) is 18.0. The second kappa shape index (κ2) is 7.62. The third-order valence-corrected chi connectivity index (χ3v) is 5.73. The Balaban J connectivity index is 1.89. The van der Waals surface area contributed by atoms with Gasteiger partial charge in [-0.2, -0.15) is 11.8 Å². The van der Waals surface area contributed by atoms with Crippen molar-refractivity contribution in [3.8, 4) is 11.3 Å². The molecular weight excluding hydrogens is 334 g/mol. The minimum atomic E-state index is -0.594. The lowest BCUT2D eigenvalue weighted by Gasteiger charge is -2.39. The fraction of sp³-hybridized carbons (Fsp3) is 0.474. The highest BCUT2D eigenvalue weighted by Gasteiger charge is 2.37. The van der Waals surface area contributed by atoms with Crippen molar-refractivity contribution in [1.82, 2.24) is 14.9 Å². The van der Waals surface area contributed by atoms with E-state index in [2.05, 4.69) is 29.0 Å². The van der Waals surface area contributed by atoms with Crippen LogP contribution >= 0.6 is 11.8 Å². The minimum absolute atomic E-state index is 0.0598. The van der Waals surface area contributed by atoms with Gasteiger partial charge in [-0.15, -0.1) is 0 Å². The van der Waals surface area contributed by atoms with Crippen LogP contribution < -0.4 is 0 Å². The van der Waals surface area contributed by atoms with Gasteiger partial charge in [-0.1, -0.05) is 29.8 Å². The van der Waals surface area contributed by atoms with Crippen LogP contribution in [0.3, 0.4) is 0 Å². The lowest BCUT2D eigenvalue weighted by molar-refractivity contribution is -0.138. The summed E-state index contributed by atoms with van der Waals surface area (Å²) in [5.41, 5.74) is 3.15. The van der Waals surface area contributed by atoms with Crippen LogP contribution in [0, 0.1) is 6.92 Å². The van der Waals surface area contributed by atoms with E-state index in [-0.39, 0.29) is 11.2 Å². The molecule has 1 amide bonds. The number of nitrogens with zero attached hydrogens (tertiary/aromatic N) is 2. The van der Waals surface area contributed by atoms with Crippen LogP contribution in [-0.2, 0) is 4.79 Å². The topological polar surface area (TPSA) is 69.2 Å². The smallest absolute Gasteiger partial charge is 0.236 e. The number of imidazole rings is 1. The number of hydrogen-bond acceptors (Lipinski definition) is 4. The summed E-state index contributed by atoms with van der Waals surface area (Å²) in [4.78, 5) is 22.3. The monoisotopic (exact) mass is 359 g/mol. The van der Waals surface area contributed by atoms with E-state index in [1.54, 1.807) is 11.1 Å². The predicted octanol–water partition coefficient (Wildman–Crippen LogP) is 3.16. The number of nitrogens with one attached hydrogen (secondary N) is 1. The van der Waals surface area contributed by atoms with Crippen molar-refractivity contribution in [1.29, 1.82) is 0 Å². The number of hydrogen-bond donors (Lipinski definition) is 2. The largest absolute Gasteiger partial charge is 0.390 e. The zero-order valence-corrected chi connectivity index (χ0v) is 15.7. The quantitative estimate of drug-likeness (QED) is 0.880. The maximum atomic E-state index is 12.7. The van der Waals surface area contributed by atoms with Crippen LogP contribution in [0.5, 0.6) is 0 Å². The van der Waals surface area contributed by atoms with Gasteiger partial charge in [0.15, 0.2) is 0 Å². The fourth-order valence-corrected chi connectivity index (χ4v) is 3.59. The molecule has 3 rings (SSSR count). The molecule has 6 heteroatoms. The number of H-pyrrole nitrogens is 1. The number of rotatable bonds is 4. The Hall–Kier alpha value is -1.79. The summed E-state index contributed by atoms with van der Waals surface area (Å²) in [6.45, 7) is 4.62. The lowest BCUT2D eigenvalue weighted by Crippen LogP contribution is -2.48. The van der Waals surface area contributed by atoms with Crippen molar-refractivity contribution >= 4 is 17.7 Å². The summed E-state index contributed by atoms with van der Waals surface area (Å²) < 4.78 is 0. The molecule has 1 aromatic heterocycles. The predicted molar refractivity (Wildman–Crippen MR) is 101 cm³/mol. The van der Waals surface area contributed by atoms with E-state index < -0.39 is 12.1 Å². The van der Waals surface area contributed by atoms with Gasteiger partial charge in [0.2, 0.25) is 5.91 Å². The summed E-state index contributed by atoms with van der Waals surface area (Å²) in [5, 5.41) is 10.4. The Morgan fingerprint density at radius 1 is 1.40 bits per heavy atom. The maximum Gasteiger partial charge on any atom is 0.236 e. The highest BCUT2D eigenvalue weighted by molar-refractivity contribution is 7.99. The number of likely N-dealkylation sites (tertiary alicyclic amines) is 1. The van der Waals surface area contributed by atoms with Crippen molar-refractivity contribution in [2.45, 2.75) is 44.1 Å². The van der Waals surface area contributed by atoms with Gasteiger partial charge in [-0.25, -0.2) is 4.98 Å². The van der Waals surface area contributed by atoms with Gasteiger partial charge in [0.1, 0.15) is 11.9 Å². The number of aryl methyl sites for hydroxylation is 1. The van der Waals surface area contributed by atoms with E-state index in [0.717, 1.165) is 17.7 Å². The highest BCUT2D eigenvalue weighted by Crippen LogP contribution is 2.32. The molecule has 5 nitrogen and oxygen atoms in total. The normalized spacial score (nSPS) is 22.0. The van der Waals surface area contributed by atoms with Crippen LogP contribution in [-0.4, -0.2) is 50.0 Å². The number of aliphatic hydroxyl groups is 1. The van der Waals surface area contributed by atoms with E-state index >= 15 is 0 Å². The first kappa shape index (κ1) is 18.0. The van der Waals surface area contributed by atoms with Gasteiger partial charge >= 0.3 is 0 Å². The van der Waals surface area contributed by atoms with Gasteiger partial charge in [-0.3, -0.25) is 4.79 Å². The third kappa shape index (κ3) is 3.75. The Morgan fingerprint density at radius 3 is 2.80 bits per heavy atom. The van der Waals surface area contributed by atoms with Crippen LogP contribution in [0.15, 0.2) is 30.5 Å². The van der Waals surface area contributed by atoms with Crippen molar-refractivity contribution in [3.63, 3.8) is 0 Å². The molecule has 134 valence electrons. The molecule has 3 unspecified atom stereocenters. The van der Waals surface area contributed by atoms with Crippen LogP contribution in [0.25, 0.3) is 11.3 Å². The summed E-state index contributed by atoms with van der Waals surface area (Å²) in [6.07, 6.45) is 4.62. The Bertz CT molecular complexity index is 729. The molecule has 1 aliphatic rings. The Labute approximate surface area is 152 Å². The van der Waals surface area contributed by atoms with Gasteiger partial charge in [-0.05, 0) is 38.5 Å². The summed E-state index contributed by atoms with van der Waals surface area (Å²) in [6, 6.07) is 7.79. The molecule has 1 aromatic carbocycles. The van der Waals surface area contributed by atoms with Crippen molar-refractivity contribution in [2.24, 2.45) is 0 Å². The number of carbonyl (C=O) groups excluding carboxylic acids is 1. The van der Waals surface area contributed by atoms with Crippen LogP contribution in [0.1, 0.15) is 37.2 Å². The molecule has 0 bridgehead atoms. The van der Waals surface area contributed by atoms with Crippen molar-refractivity contribution in [2.75, 3.05) is 12.8 Å². The fourth-order valence-electron chi connectivity index (χ4n) is 3.25. The molecule has 0 radical (unpaired) electrons. The summed E-state index contributed by atoms with van der Waals surface area (Å²) >= 11 is 1.52. The van der Waals surface area contributed by atoms with Gasteiger partial charge in [0, 0.05) is 6.54 Å². The van der Waals surface area contributed by atoms with E-state index in [0.29, 0.717) is 18.8 Å². The van der Waals surface area contributed by atoms with Gasteiger partial charge < -0.3 is 15.0 Å². The number of carbonyl (C=O) groups is 1. The van der Waals surface area contributed by atoms with Crippen LogP contribution in [0.2, 0.25) is 0 Å². The van der Waals surface area contributed by atoms with E-state index in [9.17, 15) is 9.90 Å². The number of amides is 1. The SMILES string of the molecule is CSC(C)C(=O)N1CCCC(O)C1c1ncc(-c2ccc(C)cc2)[nH]1. The molecule has 3 atom stereocenters. The summed E-state index contributed by atoms with van der Waals surface area (Å²) in [5.74, 6) is 0.717. The number of benzene rings is 1. The zero-order valence-electron chi connectivity index (χ0n) is 14.9. The molecule has 0 aliphatic carbocycles. The first-order valence-electron chi connectivity index (χ1n) is 8.64. The van der Waals surface area contributed by atoms with E-state index in [1.807, 2.05) is 25.3 Å². The van der Waals surface area contributed by atoms with Gasteiger partial charge in [0.25, 0.3) is 0 Å². The molecule has 0 spiro atoms. The highest BCUT2D eigenvalue weighted by atomic mass is 32.2. The molecule has 1 saturated heterocycles. The first-order valence-corrected chi connectivity index (χ1v) is 9.93. The number of piperidine rings is 1. The number of aromatic amines is 1. The second-order valence-electron chi connectivity index (χ2n) is 6.61. The molecule has 25 heavy (non-hydrogen) atoms. The van der Waals surface area contributed by atoms with Crippen molar-refractivity contribution in [3.05, 3.63) is 41.9 Å². The number of aliphatic hydroxyl groups excluding tert-OH is 1. The van der Waals surface area contributed by atoms with E-state index in [4.69, 9.17) is 0 Å². The average Bonchev–Trinajstić information content (AvgIpc) is 3.10. The lowest BCUT2D eigenvalue weighted by atomic mass is 9.97. The Morgan fingerprint density at radius 2 is 2.12 bits per heavy atom. The van der Waals surface area contributed by atoms with Crippen LogP contribution in [0.4, 0.5) is 0 Å². The molecule has 2 heterocycles. The third-order valence-electron chi connectivity index (χ3n) is 4.82. The average molecular weight is 359 g/mol. The standard InChI is InChI=1S/C19H25N3O2S/c1-12-6-8-14(9-7-12)15-11-20-18(21-15)17-16(23)5-4-10-22(17)19(24)13(2)25-3/h6-9,11,13,16-17,23H,4-5,10H2,1-3H3,(H,20,21). The Kier molecular flexibility index (Phi) is 5.49. The first-order chi connectivity index (χ1) is 12.0. The molecular formula is C19H25N3O2S. The number of aromatic nitrogens is 2. The number of thioether (sulfide) groups is 1. The maximum absolute atomic E-state index is 12.7. The van der Waals surface area contributed by atoms with Gasteiger partial charge in [0.05, 0.1) is 23.2 Å². The molecule has 0 saturated carbocycles. The summed E-state index contributed by atoms with van der Waals surface area (Å²) in [7, 11) is 0. The minimum Gasteiger partial charge on any atom is -0.390 e.